The summed E-state index contributed by atoms with van der Waals surface area (Å²) in [5.41, 5.74) is 0.824. The van der Waals surface area contributed by atoms with E-state index in [1.807, 2.05) is 33.8 Å². The lowest BCUT2D eigenvalue weighted by atomic mass is 10.1. The molecule has 0 radical (unpaired) electrons. The van der Waals surface area contributed by atoms with Crippen molar-refractivity contribution in [3.8, 4) is 6.07 Å². The van der Waals surface area contributed by atoms with E-state index in [2.05, 4.69) is 0 Å². The molecular formula is C12H18FN. The van der Waals surface area contributed by atoms with Crippen molar-refractivity contribution in [1.29, 1.82) is 5.26 Å². The third-order valence-corrected chi connectivity index (χ3v) is 1.39. The molecule has 78 valence electrons. The Morgan fingerprint density at radius 1 is 1.14 bits per heavy atom. The largest absolute Gasteiger partial charge is 0.207 e. The second-order valence-electron chi connectivity index (χ2n) is 2.02. The molecule has 1 nitrogen and oxygen atoms in total. The van der Waals surface area contributed by atoms with Gasteiger partial charge >= 0.3 is 0 Å². The minimum absolute atomic E-state index is 0.320. The molecule has 0 amide bonds. The molecule has 1 aromatic carbocycles. The van der Waals surface area contributed by atoms with E-state index in [0.29, 0.717) is 11.1 Å². The summed E-state index contributed by atoms with van der Waals surface area (Å²) < 4.78 is 12.6. The molecule has 0 spiro atoms. The van der Waals surface area contributed by atoms with Gasteiger partial charge in [-0.25, -0.2) is 4.39 Å². The molecule has 0 atom stereocenters. The van der Waals surface area contributed by atoms with Crippen LogP contribution in [0.25, 0.3) is 0 Å². The highest BCUT2D eigenvalue weighted by molar-refractivity contribution is 5.36. The van der Waals surface area contributed by atoms with E-state index < -0.39 is 0 Å². The van der Waals surface area contributed by atoms with E-state index in [1.54, 1.807) is 13.0 Å². The highest BCUT2D eigenvalue weighted by Crippen LogP contribution is 2.09. The number of nitriles is 1. The van der Waals surface area contributed by atoms with Crippen LogP contribution < -0.4 is 0 Å². The summed E-state index contributed by atoms with van der Waals surface area (Å²) in [6.45, 7) is 9.59. The van der Waals surface area contributed by atoms with Crippen LogP contribution in [0.5, 0.6) is 0 Å². The van der Waals surface area contributed by atoms with Crippen molar-refractivity contribution in [3.63, 3.8) is 0 Å². The fourth-order valence-electron chi connectivity index (χ4n) is 0.729. The van der Waals surface area contributed by atoms with Gasteiger partial charge in [0.05, 0.1) is 11.6 Å². The highest BCUT2D eigenvalue weighted by atomic mass is 19.1. The van der Waals surface area contributed by atoms with Crippen LogP contribution in [0, 0.1) is 24.1 Å². The summed E-state index contributed by atoms with van der Waals surface area (Å²) in [5, 5.41) is 8.43. The van der Waals surface area contributed by atoms with Crippen LogP contribution in [0.15, 0.2) is 18.2 Å². The van der Waals surface area contributed by atoms with Gasteiger partial charge in [0.2, 0.25) is 0 Å². The first-order valence-electron chi connectivity index (χ1n) is 4.91. The van der Waals surface area contributed by atoms with Crippen molar-refractivity contribution in [3.05, 3.63) is 35.1 Å². The fraction of sp³-hybridized carbons (Fsp3) is 0.417. The monoisotopic (exact) mass is 195 g/mol. The molecule has 0 aliphatic heterocycles. The second-order valence-corrected chi connectivity index (χ2v) is 2.02. The molecule has 0 saturated heterocycles. The minimum Gasteiger partial charge on any atom is -0.207 e. The molecule has 1 aromatic rings. The first-order chi connectivity index (χ1) is 6.75. The SMILES string of the molecule is CC.CC.Cc1c(F)cccc1C#N. The zero-order valence-electron chi connectivity index (χ0n) is 9.56. The maximum atomic E-state index is 12.6. The van der Waals surface area contributed by atoms with Crippen LogP contribution >= 0.6 is 0 Å². The molecule has 0 saturated carbocycles. The van der Waals surface area contributed by atoms with Crippen molar-refractivity contribution in [2.45, 2.75) is 34.6 Å². The van der Waals surface area contributed by atoms with E-state index in [9.17, 15) is 4.39 Å². The molecule has 0 heterocycles. The zero-order chi connectivity index (χ0) is 11.6. The van der Waals surface area contributed by atoms with E-state index in [1.165, 1.54) is 12.1 Å². The standard InChI is InChI=1S/C8H6FN.2C2H6/c1-6-7(5-10)3-2-4-8(6)9;2*1-2/h2-4H,1H3;2*1-2H3. The van der Waals surface area contributed by atoms with Crippen LogP contribution in [0.2, 0.25) is 0 Å². The van der Waals surface area contributed by atoms with Crippen LogP contribution in [0.4, 0.5) is 4.39 Å². The Morgan fingerprint density at radius 3 is 2.00 bits per heavy atom. The van der Waals surface area contributed by atoms with Crippen LogP contribution in [0.3, 0.4) is 0 Å². The zero-order valence-corrected chi connectivity index (χ0v) is 9.56. The van der Waals surface area contributed by atoms with Gasteiger partial charge in [-0.1, -0.05) is 33.8 Å². The predicted molar refractivity (Wildman–Crippen MR) is 58.5 cm³/mol. The van der Waals surface area contributed by atoms with Gasteiger partial charge in [-0.2, -0.15) is 5.26 Å². The molecule has 0 aromatic heterocycles. The van der Waals surface area contributed by atoms with Gasteiger partial charge in [-0.05, 0) is 19.1 Å². The van der Waals surface area contributed by atoms with Gasteiger partial charge in [0.15, 0.2) is 0 Å². The van der Waals surface area contributed by atoms with Crippen LogP contribution in [-0.4, -0.2) is 0 Å². The minimum atomic E-state index is -0.320. The smallest absolute Gasteiger partial charge is 0.127 e. The Bertz CT molecular complexity index is 287. The summed E-state index contributed by atoms with van der Waals surface area (Å²) in [4.78, 5) is 0. The van der Waals surface area contributed by atoms with E-state index in [-0.39, 0.29) is 5.82 Å². The summed E-state index contributed by atoms with van der Waals surface area (Å²) >= 11 is 0. The van der Waals surface area contributed by atoms with Crippen molar-refractivity contribution in [2.24, 2.45) is 0 Å². The van der Waals surface area contributed by atoms with Crippen molar-refractivity contribution >= 4 is 0 Å². The average Bonchev–Trinajstić information content (AvgIpc) is 2.28. The fourth-order valence-corrected chi connectivity index (χ4v) is 0.729. The molecule has 0 N–H and O–H groups in total. The maximum Gasteiger partial charge on any atom is 0.127 e. The van der Waals surface area contributed by atoms with Crippen molar-refractivity contribution < 1.29 is 4.39 Å². The van der Waals surface area contributed by atoms with Crippen molar-refractivity contribution in [1.82, 2.24) is 0 Å². The Kier molecular flexibility index (Phi) is 10.5. The molecule has 1 rings (SSSR count). The summed E-state index contributed by atoms with van der Waals surface area (Å²) in [6, 6.07) is 6.36. The van der Waals surface area contributed by atoms with Gasteiger partial charge in [-0.3, -0.25) is 0 Å². The second kappa shape index (κ2) is 9.73. The number of rotatable bonds is 0. The summed E-state index contributed by atoms with van der Waals surface area (Å²) in [7, 11) is 0. The highest BCUT2D eigenvalue weighted by Gasteiger charge is 1.99. The van der Waals surface area contributed by atoms with Crippen molar-refractivity contribution in [2.75, 3.05) is 0 Å². The lowest BCUT2D eigenvalue weighted by Gasteiger charge is -1.95. The van der Waals surface area contributed by atoms with Crippen LogP contribution in [0.1, 0.15) is 38.8 Å². The number of halogens is 1. The summed E-state index contributed by atoms with van der Waals surface area (Å²) in [6.07, 6.45) is 0. The predicted octanol–water partition coefficient (Wildman–Crippen LogP) is 4.06. The maximum absolute atomic E-state index is 12.6. The Morgan fingerprint density at radius 2 is 1.64 bits per heavy atom. The van der Waals surface area contributed by atoms with Crippen LogP contribution in [-0.2, 0) is 0 Å². The third kappa shape index (κ3) is 4.61. The number of nitrogens with zero attached hydrogens (tertiary/aromatic N) is 1. The molecular weight excluding hydrogens is 177 g/mol. The average molecular weight is 195 g/mol. The number of hydrogen-bond acceptors (Lipinski definition) is 1. The molecule has 0 aliphatic carbocycles. The first-order valence-corrected chi connectivity index (χ1v) is 4.91. The Hall–Kier alpha value is -1.36. The van der Waals surface area contributed by atoms with Gasteiger partial charge < -0.3 is 0 Å². The molecule has 0 aliphatic rings. The lowest BCUT2D eigenvalue weighted by molar-refractivity contribution is 0.618. The topological polar surface area (TPSA) is 23.8 Å². The van der Waals surface area contributed by atoms with E-state index in [0.717, 1.165) is 0 Å². The van der Waals surface area contributed by atoms with Gasteiger partial charge in [0.1, 0.15) is 5.82 Å². The quantitative estimate of drug-likeness (QED) is 0.612. The first kappa shape index (κ1) is 15.1. The molecule has 14 heavy (non-hydrogen) atoms. The number of hydrogen-bond donors (Lipinski definition) is 0. The number of benzene rings is 1. The molecule has 0 bridgehead atoms. The third-order valence-electron chi connectivity index (χ3n) is 1.39. The lowest BCUT2D eigenvalue weighted by Crippen LogP contribution is -1.85. The Labute approximate surface area is 86.2 Å². The van der Waals surface area contributed by atoms with E-state index >= 15 is 0 Å². The molecule has 2 heteroatoms. The summed E-state index contributed by atoms with van der Waals surface area (Å²) in [5.74, 6) is -0.320. The molecule has 0 unspecified atom stereocenters. The Balaban J connectivity index is 0. The van der Waals surface area contributed by atoms with Gasteiger partial charge in [-0.15, -0.1) is 0 Å². The normalized spacial score (nSPS) is 7.21. The molecule has 0 fully saturated rings. The van der Waals surface area contributed by atoms with E-state index in [4.69, 9.17) is 5.26 Å². The van der Waals surface area contributed by atoms with Gasteiger partial charge in [0.25, 0.3) is 0 Å². The van der Waals surface area contributed by atoms with Gasteiger partial charge in [0, 0.05) is 5.56 Å².